The second kappa shape index (κ2) is 8.07. The van der Waals surface area contributed by atoms with Crippen LogP contribution >= 0.6 is 0 Å². The van der Waals surface area contributed by atoms with E-state index in [1.807, 2.05) is 6.92 Å². The molecule has 1 rings (SSSR count). The number of nitrogens with one attached hydrogen (secondary N) is 3. The Morgan fingerprint density at radius 3 is 2.68 bits per heavy atom. The van der Waals surface area contributed by atoms with Gasteiger partial charge in [0.2, 0.25) is 5.91 Å². The Labute approximate surface area is 113 Å². The van der Waals surface area contributed by atoms with Gasteiger partial charge in [0.1, 0.15) is 11.5 Å². The van der Waals surface area contributed by atoms with Gasteiger partial charge in [-0.15, -0.1) is 0 Å². The van der Waals surface area contributed by atoms with Crippen LogP contribution in [-0.2, 0) is 4.79 Å². The van der Waals surface area contributed by atoms with E-state index in [0.717, 1.165) is 6.42 Å². The maximum atomic E-state index is 11.8. The summed E-state index contributed by atoms with van der Waals surface area (Å²) in [7, 11) is 1.74. The molecular formula is C13H20N4O2. The monoisotopic (exact) mass is 264 g/mol. The van der Waals surface area contributed by atoms with Gasteiger partial charge in [-0.1, -0.05) is 13.0 Å². The SMILES string of the molecule is CCCNC(=O)CCNC(=O)c1cccc(NC)n1. The zero-order chi connectivity index (χ0) is 14.1. The van der Waals surface area contributed by atoms with Crippen LogP contribution in [0.1, 0.15) is 30.3 Å². The van der Waals surface area contributed by atoms with Crippen molar-refractivity contribution < 1.29 is 9.59 Å². The molecule has 0 spiro atoms. The summed E-state index contributed by atoms with van der Waals surface area (Å²) in [6.45, 7) is 2.96. The third-order valence-electron chi connectivity index (χ3n) is 2.45. The van der Waals surface area contributed by atoms with Crippen molar-refractivity contribution in [2.45, 2.75) is 19.8 Å². The molecule has 1 aromatic rings. The first-order chi connectivity index (χ1) is 9.17. The van der Waals surface area contributed by atoms with Gasteiger partial charge in [0.15, 0.2) is 0 Å². The Bertz CT molecular complexity index is 434. The van der Waals surface area contributed by atoms with Crippen molar-refractivity contribution in [2.24, 2.45) is 0 Å². The van der Waals surface area contributed by atoms with Gasteiger partial charge in [0.05, 0.1) is 0 Å². The first kappa shape index (κ1) is 14.9. The van der Waals surface area contributed by atoms with Crippen LogP contribution < -0.4 is 16.0 Å². The molecule has 104 valence electrons. The highest BCUT2D eigenvalue weighted by Gasteiger charge is 2.08. The summed E-state index contributed by atoms with van der Waals surface area (Å²) >= 11 is 0. The van der Waals surface area contributed by atoms with Crippen molar-refractivity contribution >= 4 is 17.6 Å². The average molecular weight is 264 g/mol. The van der Waals surface area contributed by atoms with Gasteiger partial charge < -0.3 is 16.0 Å². The zero-order valence-corrected chi connectivity index (χ0v) is 11.3. The number of pyridine rings is 1. The molecule has 3 N–H and O–H groups in total. The summed E-state index contributed by atoms with van der Waals surface area (Å²) in [5.41, 5.74) is 0.334. The minimum Gasteiger partial charge on any atom is -0.373 e. The van der Waals surface area contributed by atoms with E-state index in [1.54, 1.807) is 25.2 Å². The second-order valence-electron chi connectivity index (χ2n) is 4.01. The number of hydrogen-bond acceptors (Lipinski definition) is 4. The van der Waals surface area contributed by atoms with Crippen LogP contribution in [0.5, 0.6) is 0 Å². The molecule has 0 unspecified atom stereocenters. The van der Waals surface area contributed by atoms with Crippen LogP contribution in [-0.4, -0.2) is 36.9 Å². The summed E-state index contributed by atoms with van der Waals surface area (Å²) < 4.78 is 0. The van der Waals surface area contributed by atoms with Crippen molar-refractivity contribution in [3.05, 3.63) is 23.9 Å². The highest BCUT2D eigenvalue weighted by molar-refractivity contribution is 5.92. The maximum absolute atomic E-state index is 11.8. The third-order valence-corrected chi connectivity index (χ3v) is 2.45. The van der Waals surface area contributed by atoms with Gasteiger partial charge in [-0.2, -0.15) is 0 Å². The fourth-order valence-electron chi connectivity index (χ4n) is 1.43. The summed E-state index contributed by atoms with van der Waals surface area (Å²) in [6.07, 6.45) is 1.18. The maximum Gasteiger partial charge on any atom is 0.269 e. The number of nitrogens with zero attached hydrogens (tertiary/aromatic N) is 1. The van der Waals surface area contributed by atoms with Gasteiger partial charge in [0, 0.05) is 26.6 Å². The highest BCUT2D eigenvalue weighted by atomic mass is 16.2. The molecule has 0 aliphatic heterocycles. The molecule has 0 saturated carbocycles. The smallest absolute Gasteiger partial charge is 0.269 e. The Kier molecular flexibility index (Phi) is 6.35. The van der Waals surface area contributed by atoms with E-state index in [0.29, 0.717) is 24.6 Å². The first-order valence-corrected chi connectivity index (χ1v) is 6.37. The van der Waals surface area contributed by atoms with Gasteiger partial charge in [-0.3, -0.25) is 9.59 Å². The molecule has 0 aliphatic rings. The van der Waals surface area contributed by atoms with Crippen molar-refractivity contribution in [1.29, 1.82) is 0 Å². The molecule has 0 radical (unpaired) electrons. The number of aromatic nitrogens is 1. The zero-order valence-electron chi connectivity index (χ0n) is 11.3. The van der Waals surface area contributed by atoms with E-state index < -0.39 is 0 Å². The summed E-state index contributed by atoms with van der Waals surface area (Å²) in [5.74, 6) is 0.299. The van der Waals surface area contributed by atoms with Crippen molar-refractivity contribution in [1.82, 2.24) is 15.6 Å². The van der Waals surface area contributed by atoms with Crippen molar-refractivity contribution in [3.63, 3.8) is 0 Å². The third kappa shape index (κ3) is 5.37. The molecule has 19 heavy (non-hydrogen) atoms. The average Bonchev–Trinajstić information content (AvgIpc) is 2.45. The molecule has 1 aromatic heterocycles. The lowest BCUT2D eigenvalue weighted by Crippen LogP contribution is -2.31. The number of rotatable bonds is 7. The number of anilines is 1. The predicted molar refractivity (Wildman–Crippen MR) is 74.0 cm³/mol. The normalized spacial score (nSPS) is 9.79. The summed E-state index contributed by atoms with van der Waals surface area (Å²) in [6, 6.07) is 5.16. The molecule has 6 nitrogen and oxygen atoms in total. The molecule has 0 bridgehead atoms. The van der Waals surface area contributed by atoms with Crippen LogP contribution in [0, 0.1) is 0 Å². The molecular weight excluding hydrogens is 244 g/mol. The molecule has 0 atom stereocenters. The molecule has 0 saturated heterocycles. The Balaban J connectivity index is 2.36. The van der Waals surface area contributed by atoms with Crippen LogP contribution in [0.15, 0.2) is 18.2 Å². The Morgan fingerprint density at radius 2 is 2.00 bits per heavy atom. The predicted octanol–water partition coefficient (Wildman–Crippen LogP) is 0.769. The van der Waals surface area contributed by atoms with Crippen LogP contribution in [0.25, 0.3) is 0 Å². The standard InChI is InChI=1S/C13H20N4O2/c1-3-8-15-12(18)7-9-16-13(19)10-5-4-6-11(14-2)17-10/h4-6H,3,7-9H2,1-2H3,(H,14,17)(H,15,18)(H,16,19). The fraction of sp³-hybridized carbons (Fsp3) is 0.462. The number of carbonyl (C=O) groups is 2. The lowest BCUT2D eigenvalue weighted by Gasteiger charge is -2.06. The Morgan fingerprint density at radius 1 is 1.21 bits per heavy atom. The van der Waals surface area contributed by atoms with E-state index in [2.05, 4.69) is 20.9 Å². The topological polar surface area (TPSA) is 83.1 Å². The van der Waals surface area contributed by atoms with E-state index >= 15 is 0 Å². The molecule has 0 aromatic carbocycles. The fourth-order valence-corrected chi connectivity index (χ4v) is 1.43. The minimum absolute atomic E-state index is 0.0564. The van der Waals surface area contributed by atoms with Crippen molar-refractivity contribution in [3.8, 4) is 0 Å². The lowest BCUT2D eigenvalue weighted by atomic mass is 10.3. The van der Waals surface area contributed by atoms with Gasteiger partial charge in [0.25, 0.3) is 5.91 Å². The number of carbonyl (C=O) groups excluding carboxylic acids is 2. The first-order valence-electron chi connectivity index (χ1n) is 6.37. The molecule has 2 amide bonds. The van der Waals surface area contributed by atoms with Crippen molar-refractivity contribution in [2.75, 3.05) is 25.5 Å². The van der Waals surface area contributed by atoms with Crippen LogP contribution in [0.3, 0.4) is 0 Å². The number of amides is 2. The minimum atomic E-state index is -0.277. The van der Waals surface area contributed by atoms with E-state index in [4.69, 9.17) is 0 Å². The van der Waals surface area contributed by atoms with Gasteiger partial charge in [-0.05, 0) is 18.6 Å². The van der Waals surface area contributed by atoms with E-state index in [9.17, 15) is 9.59 Å². The molecule has 1 heterocycles. The van der Waals surface area contributed by atoms with Crippen LogP contribution in [0.4, 0.5) is 5.82 Å². The summed E-state index contributed by atoms with van der Waals surface area (Å²) in [4.78, 5) is 27.2. The van der Waals surface area contributed by atoms with Gasteiger partial charge in [-0.25, -0.2) is 4.98 Å². The molecule has 6 heteroatoms. The van der Waals surface area contributed by atoms with Crippen LogP contribution in [0.2, 0.25) is 0 Å². The highest BCUT2D eigenvalue weighted by Crippen LogP contribution is 2.03. The van der Waals surface area contributed by atoms with E-state index in [1.165, 1.54) is 0 Å². The quantitative estimate of drug-likeness (QED) is 0.679. The molecule has 0 aliphatic carbocycles. The van der Waals surface area contributed by atoms with Gasteiger partial charge >= 0.3 is 0 Å². The second-order valence-corrected chi connectivity index (χ2v) is 4.01. The van der Waals surface area contributed by atoms with E-state index in [-0.39, 0.29) is 18.2 Å². The summed E-state index contributed by atoms with van der Waals surface area (Å²) in [5, 5.41) is 8.28. The molecule has 0 fully saturated rings. The lowest BCUT2D eigenvalue weighted by molar-refractivity contribution is -0.120. The largest absolute Gasteiger partial charge is 0.373 e. The Hall–Kier alpha value is -2.11. The number of hydrogen-bond donors (Lipinski definition) is 3.